The van der Waals surface area contributed by atoms with Crippen LogP contribution in [0.4, 0.5) is 10.1 Å². The minimum Gasteiger partial charge on any atom is -0.481 e. The van der Waals surface area contributed by atoms with Crippen LogP contribution in [0.3, 0.4) is 0 Å². The first-order chi connectivity index (χ1) is 19.7. The van der Waals surface area contributed by atoms with Gasteiger partial charge < -0.3 is 30.7 Å². The fourth-order valence-electron chi connectivity index (χ4n) is 5.20. The van der Waals surface area contributed by atoms with Crippen LogP contribution >= 0.6 is 0 Å². The van der Waals surface area contributed by atoms with Gasteiger partial charge in [-0.05, 0) is 66.3 Å². The Morgan fingerprint density at radius 1 is 0.860 bits per heavy atom. The van der Waals surface area contributed by atoms with Gasteiger partial charge in [-0.1, -0.05) is 62.4 Å². The van der Waals surface area contributed by atoms with Crippen molar-refractivity contribution in [3.63, 3.8) is 0 Å². The molecule has 0 bridgehead atoms. The van der Waals surface area contributed by atoms with Crippen LogP contribution in [0.5, 0.6) is 0 Å². The van der Waals surface area contributed by atoms with E-state index < -0.39 is 24.6 Å². The van der Waals surface area contributed by atoms with Crippen molar-refractivity contribution in [3.05, 3.63) is 102 Å². The van der Waals surface area contributed by atoms with E-state index in [1.54, 1.807) is 12.1 Å². The van der Waals surface area contributed by atoms with Crippen LogP contribution in [0, 0.1) is 5.82 Å². The van der Waals surface area contributed by atoms with E-state index in [9.17, 15) is 24.2 Å². The number of carbonyl (C=O) groups excluding carboxylic acids is 1. The molecule has 0 radical (unpaired) electrons. The van der Waals surface area contributed by atoms with Crippen molar-refractivity contribution in [1.82, 2.24) is 4.57 Å². The van der Waals surface area contributed by atoms with Crippen molar-refractivity contribution in [2.24, 2.45) is 0 Å². The Labute approximate surface area is 280 Å². The van der Waals surface area contributed by atoms with Gasteiger partial charge >= 0.3 is 43.7 Å². The van der Waals surface area contributed by atoms with Crippen molar-refractivity contribution in [2.75, 3.05) is 5.32 Å². The number of carbonyl (C=O) groups is 2. The topological polar surface area (TPSA) is 143 Å². The number of aliphatic hydroxyl groups is 2. The third kappa shape index (κ3) is 9.22. The summed E-state index contributed by atoms with van der Waals surface area (Å²) in [6.07, 6.45) is -2.51. The minimum absolute atomic E-state index is 0. The Morgan fingerprint density at radius 2 is 1.44 bits per heavy atom. The predicted molar refractivity (Wildman–Crippen MR) is 167 cm³/mol. The second kappa shape index (κ2) is 16.7. The number of nitrogens with zero attached hydrogens (tertiary/aromatic N) is 1. The summed E-state index contributed by atoms with van der Waals surface area (Å²) in [4.78, 5) is 25.0. The maximum Gasteiger partial charge on any atom is 2.00 e. The van der Waals surface area contributed by atoms with E-state index in [2.05, 4.69) is 5.32 Å². The molecular formula is C33H37CaFN2O6+2. The number of para-hydroxylation sites is 1. The molecule has 0 aliphatic rings. The molecular weight excluding hydrogens is 579 g/mol. The molecule has 0 aliphatic heterocycles. The number of aromatic nitrogens is 1. The molecule has 1 heterocycles. The van der Waals surface area contributed by atoms with E-state index >= 15 is 0 Å². The molecule has 1 aromatic heterocycles. The van der Waals surface area contributed by atoms with Gasteiger partial charge in [0.2, 0.25) is 0 Å². The third-order valence-corrected chi connectivity index (χ3v) is 6.93. The van der Waals surface area contributed by atoms with Gasteiger partial charge in [0.1, 0.15) is 5.82 Å². The van der Waals surface area contributed by atoms with Gasteiger partial charge in [-0.3, -0.25) is 9.59 Å². The zero-order chi connectivity index (χ0) is 29.5. The molecule has 0 aliphatic carbocycles. The van der Waals surface area contributed by atoms with E-state index in [4.69, 9.17) is 5.11 Å². The van der Waals surface area contributed by atoms with Crippen molar-refractivity contribution < 1.29 is 34.8 Å². The first-order valence-electron chi connectivity index (χ1n) is 13.7. The molecule has 3 aromatic carbocycles. The largest absolute Gasteiger partial charge is 2.00 e. The first-order valence-corrected chi connectivity index (χ1v) is 13.7. The third-order valence-electron chi connectivity index (χ3n) is 6.93. The molecule has 2 atom stereocenters. The summed E-state index contributed by atoms with van der Waals surface area (Å²) in [6.45, 7) is 4.25. The van der Waals surface area contributed by atoms with Crippen LogP contribution in [0.1, 0.15) is 55.1 Å². The fourth-order valence-corrected chi connectivity index (χ4v) is 5.20. The van der Waals surface area contributed by atoms with Crippen molar-refractivity contribution in [1.29, 1.82) is 0 Å². The smallest absolute Gasteiger partial charge is 0.481 e. The van der Waals surface area contributed by atoms with Gasteiger partial charge in [0.05, 0.1) is 29.9 Å². The summed E-state index contributed by atoms with van der Waals surface area (Å²) in [6, 6.07) is 24.8. The standard InChI is InChI=1S/C33H35FN2O5.Ca.H2O/c1-21(2)31-30(33(41)35-25-11-7-4-8-12-25)29(22-9-5-3-6-10-22)32(23-13-15-24(34)16-14-23)36(31)18-17-26(37)19-27(38)20-28(39)40;;/h3-16,21,26-27,37-38H,17-20H2,1-2H3,(H,35,41)(H,39,40);;1H2/q;+2;/t26-,27-;;/m1../s1. The number of nitrogens with one attached hydrogen (secondary N) is 1. The van der Waals surface area contributed by atoms with Gasteiger partial charge in [-0.25, -0.2) is 4.39 Å². The van der Waals surface area contributed by atoms with Gasteiger partial charge in [-0.2, -0.15) is 0 Å². The maximum atomic E-state index is 14.0. The van der Waals surface area contributed by atoms with Crippen LogP contribution in [0.2, 0.25) is 0 Å². The quantitative estimate of drug-likeness (QED) is 0.164. The summed E-state index contributed by atoms with van der Waals surface area (Å²) in [5.41, 5.74) is 4.77. The van der Waals surface area contributed by atoms with Crippen LogP contribution in [-0.4, -0.2) is 87.2 Å². The molecule has 0 unspecified atom stereocenters. The van der Waals surface area contributed by atoms with Crippen LogP contribution in [0.15, 0.2) is 84.9 Å². The number of hydrogen-bond acceptors (Lipinski definition) is 4. The summed E-state index contributed by atoms with van der Waals surface area (Å²) < 4.78 is 16.0. The summed E-state index contributed by atoms with van der Waals surface area (Å²) in [7, 11) is 0. The normalized spacial score (nSPS) is 12.1. The predicted octanol–water partition coefficient (Wildman–Crippen LogP) is 5.11. The number of halogens is 1. The average Bonchev–Trinajstić information content (AvgIpc) is 3.28. The fraction of sp³-hybridized carbons (Fsp3) is 0.273. The van der Waals surface area contributed by atoms with E-state index in [1.807, 2.05) is 79.1 Å². The number of anilines is 1. The van der Waals surface area contributed by atoms with Crippen LogP contribution in [-0.2, 0) is 11.3 Å². The summed E-state index contributed by atoms with van der Waals surface area (Å²) in [5, 5.41) is 32.8. The van der Waals surface area contributed by atoms with E-state index in [-0.39, 0.29) is 80.2 Å². The molecule has 43 heavy (non-hydrogen) atoms. The van der Waals surface area contributed by atoms with E-state index in [0.717, 1.165) is 11.3 Å². The van der Waals surface area contributed by atoms with E-state index in [0.29, 0.717) is 28.1 Å². The van der Waals surface area contributed by atoms with E-state index in [1.165, 1.54) is 12.1 Å². The minimum atomic E-state index is -1.18. The number of benzene rings is 3. The molecule has 1 amide bonds. The summed E-state index contributed by atoms with van der Waals surface area (Å²) >= 11 is 0. The molecule has 0 spiro atoms. The second-order valence-electron chi connectivity index (χ2n) is 10.4. The first kappa shape index (κ1) is 36.1. The van der Waals surface area contributed by atoms with Gasteiger partial charge in [0.25, 0.3) is 5.91 Å². The Hall–Kier alpha value is -3.05. The number of aliphatic hydroxyl groups excluding tert-OH is 2. The number of carboxylic acid groups (broad SMARTS) is 1. The van der Waals surface area contributed by atoms with Crippen LogP contribution in [0.25, 0.3) is 22.4 Å². The molecule has 0 fully saturated rings. The molecule has 222 valence electrons. The Kier molecular flexibility index (Phi) is 14.0. The zero-order valence-electron chi connectivity index (χ0n) is 24.3. The van der Waals surface area contributed by atoms with Gasteiger partial charge in [-0.15, -0.1) is 0 Å². The number of carboxylic acids is 1. The van der Waals surface area contributed by atoms with Gasteiger partial charge in [0.15, 0.2) is 0 Å². The SMILES string of the molecule is CC(C)c1c(C(=O)Nc2ccccc2)c(-c2ccccc2)c(-c2ccc(F)cc2)n1CC[C@@H](O)C[C@@H](O)CC(=O)O.O.[Ca+2]. The number of hydrogen-bond donors (Lipinski definition) is 4. The Bertz CT molecular complexity index is 1480. The van der Waals surface area contributed by atoms with Crippen LogP contribution < -0.4 is 5.32 Å². The summed E-state index contributed by atoms with van der Waals surface area (Å²) in [5.74, 6) is -1.93. The van der Waals surface area contributed by atoms with Crippen molar-refractivity contribution in [3.8, 4) is 22.4 Å². The molecule has 4 aromatic rings. The Morgan fingerprint density at radius 3 is 2.00 bits per heavy atom. The van der Waals surface area contributed by atoms with Crippen molar-refractivity contribution in [2.45, 2.75) is 57.8 Å². The average molecular weight is 617 g/mol. The molecule has 4 rings (SSSR count). The Balaban J connectivity index is 0.00000323. The number of amides is 1. The number of rotatable bonds is 12. The molecule has 0 saturated heterocycles. The molecule has 0 saturated carbocycles. The second-order valence-corrected chi connectivity index (χ2v) is 10.4. The maximum absolute atomic E-state index is 14.0. The molecule has 8 nitrogen and oxygen atoms in total. The number of aliphatic carboxylic acids is 1. The zero-order valence-corrected chi connectivity index (χ0v) is 26.5. The molecule has 6 N–H and O–H groups in total. The van der Waals surface area contributed by atoms with Crippen molar-refractivity contribution >= 4 is 55.3 Å². The monoisotopic (exact) mass is 616 g/mol. The van der Waals surface area contributed by atoms with Gasteiger partial charge in [0, 0.05) is 23.5 Å². The molecule has 10 heteroatoms.